The van der Waals surface area contributed by atoms with Gasteiger partial charge < -0.3 is 9.55 Å². The molecule has 1 unspecified atom stereocenters. The van der Waals surface area contributed by atoms with Gasteiger partial charge in [-0.15, -0.1) is 0 Å². The number of benzene rings is 1. The van der Waals surface area contributed by atoms with E-state index in [1.54, 1.807) is 10.6 Å². The second-order valence-corrected chi connectivity index (χ2v) is 5.19. The standard InChI is InChI=1S/C13H12FN3O2S/c1-16-11(18)5-4-10(12(16)19)17-9-3-2-7(14)6-8(9)15-13(17)20/h2-3,6,10H,4-5H2,1H3,(H,15,20). The minimum Gasteiger partial charge on any atom is -0.330 e. The number of likely N-dealkylation sites (tertiary alicyclic amines) is 1. The molecule has 1 fully saturated rings. The molecule has 2 amide bonds. The first-order valence-corrected chi connectivity index (χ1v) is 6.60. The van der Waals surface area contributed by atoms with E-state index in [1.807, 2.05) is 0 Å². The van der Waals surface area contributed by atoms with E-state index in [-0.39, 0.29) is 17.6 Å². The zero-order valence-corrected chi connectivity index (χ0v) is 11.5. The first-order chi connectivity index (χ1) is 9.49. The van der Waals surface area contributed by atoms with Gasteiger partial charge in [0.2, 0.25) is 5.91 Å². The molecule has 0 spiro atoms. The number of carbonyl (C=O) groups excluding carboxylic acids is 2. The third-order valence-corrected chi connectivity index (χ3v) is 3.91. The average molecular weight is 293 g/mol. The van der Waals surface area contributed by atoms with E-state index in [1.165, 1.54) is 19.2 Å². The number of rotatable bonds is 1. The van der Waals surface area contributed by atoms with Crippen LogP contribution in [0.4, 0.5) is 4.39 Å². The quantitative estimate of drug-likeness (QED) is 0.647. The van der Waals surface area contributed by atoms with E-state index in [0.717, 1.165) is 4.90 Å². The highest BCUT2D eigenvalue weighted by Crippen LogP contribution is 2.27. The number of nitrogens with zero attached hydrogens (tertiary/aromatic N) is 2. The lowest BCUT2D eigenvalue weighted by Crippen LogP contribution is -2.43. The summed E-state index contributed by atoms with van der Waals surface area (Å²) < 4.78 is 15.2. The summed E-state index contributed by atoms with van der Waals surface area (Å²) in [6, 6.07) is 3.72. The Labute approximate surface area is 119 Å². The summed E-state index contributed by atoms with van der Waals surface area (Å²) in [5.74, 6) is -0.852. The average Bonchev–Trinajstić information content (AvgIpc) is 2.72. The fraction of sp³-hybridized carbons (Fsp3) is 0.308. The Balaban J connectivity index is 2.15. The Bertz CT molecular complexity index is 780. The van der Waals surface area contributed by atoms with E-state index in [0.29, 0.717) is 28.6 Å². The molecule has 0 saturated carbocycles. The zero-order chi connectivity index (χ0) is 14.4. The van der Waals surface area contributed by atoms with Gasteiger partial charge in [0.05, 0.1) is 11.0 Å². The number of amides is 2. The van der Waals surface area contributed by atoms with E-state index in [2.05, 4.69) is 4.98 Å². The van der Waals surface area contributed by atoms with Gasteiger partial charge in [0.15, 0.2) is 4.77 Å². The molecule has 0 aliphatic carbocycles. The number of imide groups is 1. The predicted molar refractivity (Wildman–Crippen MR) is 73.1 cm³/mol. The number of hydrogen-bond donors (Lipinski definition) is 1. The van der Waals surface area contributed by atoms with Crippen LogP contribution in [0, 0.1) is 10.6 Å². The number of H-pyrrole nitrogens is 1. The van der Waals surface area contributed by atoms with Gasteiger partial charge in [0.1, 0.15) is 11.9 Å². The number of aromatic amines is 1. The SMILES string of the molecule is CN1C(=O)CCC(n2c(=S)[nH]c3cc(F)ccc32)C1=O. The molecule has 2 heterocycles. The number of hydrogen-bond acceptors (Lipinski definition) is 3. The topological polar surface area (TPSA) is 58.1 Å². The lowest BCUT2D eigenvalue weighted by molar-refractivity contribution is -0.149. The smallest absolute Gasteiger partial charge is 0.252 e. The molecule has 3 rings (SSSR count). The van der Waals surface area contributed by atoms with Crippen molar-refractivity contribution >= 4 is 35.1 Å². The molecule has 1 aliphatic heterocycles. The van der Waals surface area contributed by atoms with Crippen LogP contribution >= 0.6 is 12.2 Å². The van der Waals surface area contributed by atoms with Crippen molar-refractivity contribution in [2.24, 2.45) is 0 Å². The highest BCUT2D eigenvalue weighted by Gasteiger charge is 2.34. The molecule has 1 aromatic heterocycles. The molecule has 1 aliphatic rings. The fourth-order valence-electron chi connectivity index (χ4n) is 2.55. The number of fused-ring (bicyclic) bond motifs is 1. The van der Waals surface area contributed by atoms with Crippen molar-refractivity contribution in [3.05, 3.63) is 28.8 Å². The summed E-state index contributed by atoms with van der Waals surface area (Å²) in [6.07, 6.45) is 0.698. The number of aromatic nitrogens is 2. The van der Waals surface area contributed by atoms with Crippen LogP contribution in [0.25, 0.3) is 11.0 Å². The Morgan fingerprint density at radius 2 is 2.15 bits per heavy atom. The highest BCUT2D eigenvalue weighted by molar-refractivity contribution is 7.71. The second-order valence-electron chi connectivity index (χ2n) is 4.81. The normalized spacial score (nSPS) is 19.9. The number of halogens is 1. The summed E-state index contributed by atoms with van der Waals surface area (Å²) in [6.45, 7) is 0. The van der Waals surface area contributed by atoms with Crippen molar-refractivity contribution in [3.8, 4) is 0 Å². The maximum Gasteiger partial charge on any atom is 0.252 e. The monoisotopic (exact) mass is 293 g/mol. The van der Waals surface area contributed by atoms with Crippen LogP contribution in [-0.4, -0.2) is 33.3 Å². The van der Waals surface area contributed by atoms with Gasteiger partial charge in [0.25, 0.3) is 5.91 Å². The molecule has 1 aromatic carbocycles. The van der Waals surface area contributed by atoms with Crippen LogP contribution in [0.5, 0.6) is 0 Å². The first kappa shape index (κ1) is 13.0. The lowest BCUT2D eigenvalue weighted by Gasteiger charge is -2.28. The highest BCUT2D eigenvalue weighted by atomic mass is 32.1. The number of likely N-dealkylation sites (N-methyl/N-ethyl adjacent to an activating group) is 1. The van der Waals surface area contributed by atoms with Crippen molar-refractivity contribution in [2.45, 2.75) is 18.9 Å². The van der Waals surface area contributed by atoms with Crippen molar-refractivity contribution in [2.75, 3.05) is 7.05 Å². The third-order valence-electron chi connectivity index (χ3n) is 3.61. The molecule has 0 radical (unpaired) electrons. The van der Waals surface area contributed by atoms with Gasteiger partial charge in [-0.05, 0) is 36.8 Å². The van der Waals surface area contributed by atoms with Crippen LogP contribution in [0.15, 0.2) is 18.2 Å². The van der Waals surface area contributed by atoms with Crippen molar-refractivity contribution in [1.82, 2.24) is 14.5 Å². The van der Waals surface area contributed by atoms with Gasteiger partial charge in [-0.2, -0.15) is 0 Å². The van der Waals surface area contributed by atoms with E-state index >= 15 is 0 Å². The molecule has 5 nitrogen and oxygen atoms in total. The van der Waals surface area contributed by atoms with Crippen LogP contribution in [0.3, 0.4) is 0 Å². The molecular formula is C13H12FN3O2S. The molecule has 1 saturated heterocycles. The van der Waals surface area contributed by atoms with Gasteiger partial charge >= 0.3 is 0 Å². The molecule has 104 valence electrons. The molecule has 20 heavy (non-hydrogen) atoms. The molecule has 1 atom stereocenters. The summed E-state index contributed by atoms with van der Waals surface area (Å²) in [5.41, 5.74) is 1.21. The maximum absolute atomic E-state index is 13.2. The largest absolute Gasteiger partial charge is 0.330 e. The summed E-state index contributed by atoms with van der Waals surface area (Å²) in [4.78, 5) is 27.8. The van der Waals surface area contributed by atoms with Crippen LogP contribution < -0.4 is 0 Å². The van der Waals surface area contributed by atoms with Gasteiger partial charge in [-0.1, -0.05) is 0 Å². The van der Waals surface area contributed by atoms with E-state index in [4.69, 9.17) is 12.2 Å². The minimum atomic E-state index is -0.524. The first-order valence-electron chi connectivity index (χ1n) is 6.19. The van der Waals surface area contributed by atoms with Crippen LogP contribution in [0.2, 0.25) is 0 Å². The maximum atomic E-state index is 13.2. The Kier molecular flexibility index (Phi) is 2.93. The Morgan fingerprint density at radius 1 is 1.40 bits per heavy atom. The summed E-state index contributed by atoms with van der Waals surface area (Å²) >= 11 is 5.23. The van der Waals surface area contributed by atoms with E-state index in [9.17, 15) is 14.0 Å². The van der Waals surface area contributed by atoms with Gasteiger partial charge in [0, 0.05) is 13.5 Å². The van der Waals surface area contributed by atoms with Crippen LogP contribution in [0.1, 0.15) is 18.9 Å². The number of piperidine rings is 1. The Hall–Kier alpha value is -2.02. The van der Waals surface area contributed by atoms with E-state index < -0.39 is 6.04 Å². The van der Waals surface area contributed by atoms with Gasteiger partial charge in [-0.3, -0.25) is 14.5 Å². The van der Waals surface area contributed by atoms with Crippen molar-refractivity contribution < 1.29 is 14.0 Å². The van der Waals surface area contributed by atoms with Crippen molar-refractivity contribution in [1.29, 1.82) is 0 Å². The second kappa shape index (κ2) is 4.52. The molecular weight excluding hydrogens is 281 g/mol. The molecule has 7 heteroatoms. The predicted octanol–water partition coefficient (Wildman–Crippen LogP) is 2.16. The summed E-state index contributed by atoms with van der Waals surface area (Å²) in [5, 5.41) is 0. The van der Waals surface area contributed by atoms with Gasteiger partial charge in [-0.25, -0.2) is 4.39 Å². The molecule has 2 aromatic rings. The minimum absolute atomic E-state index is 0.191. The third kappa shape index (κ3) is 1.85. The number of nitrogens with one attached hydrogen (secondary N) is 1. The molecule has 1 N–H and O–H groups in total. The zero-order valence-electron chi connectivity index (χ0n) is 10.7. The number of imidazole rings is 1. The van der Waals surface area contributed by atoms with Crippen LogP contribution in [-0.2, 0) is 9.59 Å². The lowest BCUT2D eigenvalue weighted by atomic mass is 10.0. The molecule has 0 bridgehead atoms. The fourth-order valence-corrected chi connectivity index (χ4v) is 2.89. The van der Waals surface area contributed by atoms with Crippen molar-refractivity contribution in [3.63, 3.8) is 0 Å². The Morgan fingerprint density at radius 3 is 2.90 bits per heavy atom. The number of carbonyl (C=O) groups is 2. The summed E-state index contributed by atoms with van der Waals surface area (Å²) in [7, 11) is 1.47.